The lowest BCUT2D eigenvalue weighted by Gasteiger charge is -2.09. The van der Waals surface area contributed by atoms with E-state index in [-0.39, 0.29) is 12.3 Å². The van der Waals surface area contributed by atoms with Crippen molar-refractivity contribution in [2.45, 2.75) is 6.42 Å². The second kappa shape index (κ2) is 8.21. The maximum Gasteiger partial charge on any atom is 0.244 e. The molecule has 2 rings (SSSR count). The van der Waals surface area contributed by atoms with E-state index >= 15 is 0 Å². The first-order valence-corrected chi connectivity index (χ1v) is 7.49. The van der Waals surface area contributed by atoms with Crippen LogP contribution in [-0.2, 0) is 11.2 Å². The molecule has 7 heteroatoms. The first-order valence-electron chi connectivity index (χ1n) is 7.11. The largest absolute Gasteiger partial charge is 0.493 e. The molecule has 2 aromatic carbocycles. The summed E-state index contributed by atoms with van der Waals surface area (Å²) in [6.07, 6.45) is 1.69. The van der Waals surface area contributed by atoms with Gasteiger partial charge in [-0.2, -0.15) is 5.10 Å². The van der Waals surface area contributed by atoms with Crippen LogP contribution in [0.5, 0.6) is 11.5 Å². The van der Waals surface area contributed by atoms with Crippen LogP contribution in [0.25, 0.3) is 0 Å². The summed E-state index contributed by atoms with van der Waals surface area (Å²) in [4.78, 5) is 11.9. The van der Waals surface area contributed by atoms with Gasteiger partial charge in [-0.05, 0) is 35.4 Å². The molecule has 24 heavy (non-hydrogen) atoms. The van der Waals surface area contributed by atoms with Gasteiger partial charge in [0.15, 0.2) is 11.5 Å². The Morgan fingerprint density at radius 1 is 1.25 bits per heavy atom. The second-order valence-electron chi connectivity index (χ2n) is 4.95. The minimum absolute atomic E-state index is 0.213. The molecule has 0 aliphatic rings. The summed E-state index contributed by atoms with van der Waals surface area (Å²) in [6.45, 7) is 0. The Balaban J connectivity index is 1.99. The number of nitrogen functional groups attached to an aromatic ring is 1. The van der Waals surface area contributed by atoms with Crippen LogP contribution in [0.2, 0.25) is 5.02 Å². The number of nitrogens with one attached hydrogen (secondary N) is 1. The molecule has 126 valence electrons. The number of hydrazone groups is 1. The molecule has 0 unspecified atom stereocenters. The number of nitrogens with two attached hydrogens (primary N) is 1. The lowest BCUT2D eigenvalue weighted by atomic mass is 10.1. The number of nitrogens with zero attached hydrogens (tertiary/aromatic N) is 1. The van der Waals surface area contributed by atoms with Crippen LogP contribution in [0.4, 0.5) is 5.69 Å². The normalized spacial score (nSPS) is 10.6. The lowest BCUT2D eigenvalue weighted by molar-refractivity contribution is -0.120. The van der Waals surface area contributed by atoms with Crippen molar-refractivity contribution in [3.05, 3.63) is 52.5 Å². The summed E-state index contributed by atoms with van der Waals surface area (Å²) in [5.74, 6) is 0.700. The second-order valence-corrected chi connectivity index (χ2v) is 5.36. The number of hydrogen-bond acceptors (Lipinski definition) is 5. The topological polar surface area (TPSA) is 85.9 Å². The van der Waals surface area contributed by atoms with Crippen molar-refractivity contribution in [3.63, 3.8) is 0 Å². The van der Waals surface area contributed by atoms with E-state index in [4.69, 9.17) is 26.8 Å². The summed E-state index contributed by atoms with van der Waals surface area (Å²) in [7, 11) is 3.03. The number of benzene rings is 2. The van der Waals surface area contributed by atoms with Gasteiger partial charge in [-0.1, -0.05) is 23.7 Å². The molecular formula is C17H18ClN3O3. The van der Waals surface area contributed by atoms with E-state index in [2.05, 4.69) is 10.5 Å². The van der Waals surface area contributed by atoms with E-state index < -0.39 is 0 Å². The fraction of sp³-hybridized carbons (Fsp3) is 0.176. The Kier molecular flexibility index (Phi) is 6.03. The fourth-order valence-corrected chi connectivity index (χ4v) is 2.35. The highest BCUT2D eigenvalue weighted by Gasteiger charge is 2.10. The zero-order valence-electron chi connectivity index (χ0n) is 13.4. The average Bonchev–Trinajstić information content (AvgIpc) is 2.56. The molecule has 1 amide bonds. The number of anilines is 1. The molecule has 0 radical (unpaired) electrons. The zero-order chi connectivity index (χ0) is 17.5. The van der Waals surface area contributed by atoms with Gasteiger partial charge in [-0.25, -0.2) is 5.43 Å². The van der Waals surface area contributed by atoms with Crippen LogP contribution in [0, 0.1) is 0 Å². The van der Waals surface area contributed by atoms with Gasteiger partial charge >= 0.3 is 0 Å². The number of methoxy groups -OCH3 is 2. The summed E-state index contributed by atoms with van der Waals surface area (Å²) >= 11 is 6.11. The van der Waals surface area contributed by atoms with Gasteiger partial charge in [-0.3, -0.25) is 4.79 Å². The van der Waals surface area contributed by atoms with Crippen molar-refractivity contribution in [2.75, 3.05) is 20.0 Å². The average molecular weight is 348 g/mol. The number of halogens is 1. The van der Waals surface area contributed by atoms with Crippen LogP contribution in [-0.4, -0.2) is 26.3 Å². The van der Waals surface area contributed by atoms with Gasteiger partial charge < -0.3 is 15.2 Å². The number of rotatable bonds is 6. The minimum atomic E-state index is -0.234. The zero-order valence-corrected chi connectivity index (χ0v) is 14.1. The van der Waals surface area contributed by atoms with Crippen LogP contribution in [0.3, 0.4) is 0 Å². The molecule has 0 saturated heterocycles. The van der Waals surface area contributed by atoms with Crippen molar-refractivity contribution in [2.24, 2.45) is 5.10 Å². The molecular weight excluding hydrogens is 330 g/mol. The molecule has 0 heterocycles. The fourth-order valence-electron chi connectivity index (χ4n) is 2.05. The van der Waals surface area contributed by atoms with Gasteiger partial charge in [0.05, 0.1) is 31.9 Å². The van der Waals surface area contributed by atoms with Crippen LogP contribution >= 0.6 is 11.6 Å². The van der Waals surface area contributed by atoms with Gasteiger partial charge in [0.1, 0.15) is 0 Å². The lowest BCUT2D eigenvalue weighted by Crippen LogP contribution is -2.19. The molecule has 3 N–H and O–H groups in total. The Bertz CT molecular complexity index is 745. The standard InChI is InChI=1S/C17H18ClN3O3/c1-23-15-8-12(7-14(18)17(15)24-2)10-20-21-16(22)9-11-3-5-13(19)6-4-11/h3-8,10H,9,19H2,1-2H3,(H,21,22)/b20-10-. The summed E-state index contributed by atoms with van der Waals surface area (Å²) in [5, 5.41) is 4.32. The van der Waals surface area contributed by atoms with Crippen molar-refractivity contribution >= 4 is 29.4 Å². The maximum absolute atomic E-state index is 11.9. The van der Waals surface area contributed by atoms with E-state index in [9.17, 15) is 4.79 Å². The van der Waals surface area contributed by atoms with E-state index in [1.807, 2.05) is 0 Å². The van der Waals surface area contributed by atoms with E-state index in [1.165, 1.54) is 20.4 Å². The Labute approximate surface area is 145 Å². The number of amides is 1. The van der Waals surface area contributed by atoms with Crippen molar-refractivity contribution in [1.82, 2.24) is 5.43 Å². The summed E-state index contributed by atoms with van der Waals surface area (Å²) < 4.78 is 10.4. The summed E-state index contributed by atoms with van der Waals surface area (Å²) in [5.41, 5.74) is 10.2. The SMILES string of the molecule is COc1cc(/C=N\NC(=O)Cc2ccc(N)cc2)cc(Cl)c1OC. The molecule has 0 spiro atoms. The predicted octanol–water partition coefficient (Wildman–Crippen LogP) is 2.63. The van der Waals surface area contributed by atoms with Crippen molar-refractivity contribution in [1.29, 1.82) is 0 Å². The highest BCUT2D eigenvalue weighted by atomic mass is 35.5. The van der Waals surface area contributed by atoms with Gasteiger partial charge in [0.25, 0.3) is 0 Å². The molecule has 0 saturated carbocycles. The molecule has 0 aliphatic carbocycles. The minimum Gasteiger partial charge on any atom is -0.493 e. The predicted molar refractivity (Wildman–Crippen MR) is 94.9 cm³/mol. The summed E-state index contributed by atoms with van der Waals surface area (Å²) in [6, 6.07) is 10.5. The third-order valence-corrected chi connectivity index (χ3v) is 3.48. The number of ether oxygens (including phenoxy) is 2. The van der Waals surface area contributed by atoms with E-state index in [0.29, 0.717) is 27.8 Å². The molecule has 0 bridgehead atoms. The van der Waals surface area contributed by atoms with E-state index in [1.54, 1.807) is 36.4 Å². The highest BCUT2D eigenvalue weighted by molar-refractivity contribution is 6.32. The van der Waals surface area contributed by atoms with Crippen LogP contribution in [0.1, 0.15) is 11.1 Å². The third kappa shape index (κ3) is 4.63. The van der Waals surface area contributed by atoms with Gasteiger partial charge in [0, 0.05) is 5.69 Å². The first kappa shape index (κ1) is 17.6. The maximum atomic E-state index is 11.9. The Morgan fingerprint density at radius 3 is 2.58 bits per heavy atom. The van der Waals surface area contributed by atoms with E-state index in [0.717, 1.165) is 5.56 Å². The smallest absolute Gasteiger partial charge is 0.244 e. The van der Waals surface area contributed by atoms with Crippen molar-refractivity contribution in [3.8, 4) is 11.5 Å². The number of carbonyl (C=O) groups excluding carboxylic acids is 1. The van der Waals surface area contributed by atoms with Crippen LogP contribution in [0.15, 0.2) is 41.5 Å². The third-order valence-electron chi connectivity index (χ3n) is 3.20. The highest BCUT2D eigenvalue weighted by Crippen LogP contribution is 2.35. The molecule has 0 aromatic heterocycles. The van der Waals surface area contributed by atoms with Crippen LogP contribution < -0.4 is 20.6 Å². The molecule has 2 aromatic rings. The molecule has 0 atom stereocenters. The number of hydrogen-bond donors (Lipinski definition) is 2. The monoisotopic (exact) mass is 347 g/mol. The molecule has 0 fully saturated rings. The van der Waals surface area contributed by atoms with Gasteiger partial charge in [-0.15, -0.1) is 0 Å². The first-order chi connectivity index (χ1) is 11.5. The quantitative estimate of drug-likeness (QED) is 0.478. The molecule has 0 aliphatic heterocycles. The molecule has 6 nitrogen and oxygen atoms in total. The Morgan fingerprint density at radius 2 is 1.96 bits per heavy atom. The van der Waals surface area contributed by atoms with Crippen molar-refractivity contribution < 1.29 is 14.3 Å². The Hall–Kier alpha value is -2.73. The van der Waals surface area contributed by atoms with Gasteiger partial charge in [0.2, 0.25) is 5.91 Å². The number of carbonyl (C=O) groups is 1.